The molecule has 1 aromatic rings. The zero-order chi connectivity index (χ0) is 22.4. The van der Waals surface area contributed by atoms with Gasteiger partial charge in [-0.1, -0.05) is 0 Å². The Morgan fingerprint density at radius 2 is 1.84 bits per heavy atom. The molecule has 0 saturated carbocycles. The summed E-state index contributed by atoms with van der Waals surface area (Å²) >= 11 is 0. The van der Waals surface area contributed by atoms with Gasteiger partial charge in [0.15, 0.2) is 0 Å². The summed E-state index contributed by atoms with van der Waals surface area (Å²) in [5, 5.41) is 11.0. The van der Waals surface area contributed by atoms with Crippen LogP contribution in [0.25, 0.3) is 0 Å². The van der Waals surface area contributed by atoms with Crippen LogP contribution in [-0.4, -0.2) is 85.1 Å². The van der Waals surface area contributed by atoms with E-state index >= 15 is 0 Å². The van der Waals surface area contributed by atoms with E-state index in [4.69, 9.17) is 9.84 Å². The molecule has 0 atom stereocenters. The minimum absolute atomic E-state index is 0.122. The fourth-order valence-corrected chi connectivity index (χ4v) is 3.80. The van der Waals surface area contributed by atoms with Gasteiger partial charge in [-0.15, -0.1) is 0 Å². The van der Waals surface area contributed by atoms with Crippen LogP contribution in [-0.2, 0) is 9.59 Å². The number of rotatable bonds is 8. The first kappa shape index (κ1) is 22.5. The lowest BCUT2D eigenvalue weighted by Crippen LogP contribution is -2.50. The number of imide groups is 1. The van der Waals surface area contributed by atoms with Crippen LogP contribution in [0.4, 0.5) is 10.5 Å². The van der Waals surface area contributed by atoms with Crippen LogP contribution >= 0.6 is 0 Å². The third-order valence-corrected chi connectivity index (χ3v) is 5.55. The van der Waals surface area contributed by atoms with Crippen molar-refractivity contribution in [3.05, 3.63) is 23.8 Å². The van der Waals surface area contributed by atoms with Gasteiger partial charge in [-0.25, -0.2) is 4.79 Å². The largest absolute Gasteiger partial charge is 0.495 e. The number of piperazine rings is 1. The Hall–Kier alpha value is -3.14. The normalized spacial score (nSPS) is 17.5. The number of amides is 4. The summed E-state index contributed by atoms with van der Waals surface area (Å²) in [5.41, 5.74) is 0.908. The monoisotopic (exact) mass is 432 g/mol. The van der Waals surface area contributed by atoms with Gasteiger partial charge in [-0.2, -0.15) is 0 Å². The number of hydrogen-bond donors (Lipinski definition) is 2. The van der Waals surface area contributed by atoms with Crippen LogP contribution in [0.5, 0.6) is 5.75 Å². The Morgan fingerprint density at radius 3 is 2.48 bits per heavy atom. The highest BCUT2D eigenvalue weighted by atomic mass is 16.5. The van der Waals surface area contributed by atoms with Gasteiger partial charge in [0.25, 0.3) is 5.91 Å². The van der Waals surface area contributed by atoms with Crippen molar-refractivity contribution >= 4 is 29.5 Å². The molecule has 2 fully saturated rings. The second-order valence-electron chi connectivity index (χ2n) is 7.63. The number of hydrogen-bond acceptors (Lipinski definition) is 6. The summed E-state index contributed by atoms with van der Waals surface area (Å²) in [6, 6.07) is 4.44. The zero-order valence-electron chi connectivity index (χ0n) is 17.6. The van der Waals surface area contributed by atoms with Crippen molar-refractivity contribution in [1.82, 2.24) is 15.1 Å². The third-order valence-electron chi connectivity index (χ3n) is 5.55. The van der Waals surface area contributed by atoms with Crippen molar-refractivity contribution in [2.24, 2.45) is 0 Å². The topological polar surface area (TPSA) is 119 Å². The van der Waals surface area contributed by atoms with Crippen molar-refractivity contribution in [2.75, 3.05) is 51.3 Å². The van der Waals surface area contributed by atoms with Crippen LogP contribution in [0.15, 0.2) is 18.2 Å². The number of unbranched alkanes of at least 4 members (excludes halogenated alkanes) is 1. The smallest absolute Gasteiger partial charge is 0.328 e. The molecule has 2 heterocycles. The van der Waals surface area contributed by atoms with E-state index < -0.39 is 12.0 Å². The molecular weight excluding hydrogens is 404 g/mol. The Balaban J connectivity index is 1.61. The van der Waals surface area contributed by atoms with Gasteiger partial charge < -0.3 is 14.7 Å². The Morgan fingerprint density at radius 1 is 1.10 bits per heavy atom. The Kier molecular flexibility index (Phi) is 7.45. The fourth-order valence-electron chi connectivity index (χ4n) is 3.80. The van der Waals surface area contributed by atoms with Crippen molar-refractivity contribution < 1.29 is 29.0 Å². The number of carboxylic acids is 1. The van der Waals surface area contributed by atoms with Gasteiger partial charge in [0.1, 0.15) is 5.75 Å². The lowest BCUT2D eigenvalue weighted by Gasteiger charge is -2.35. The zero-order valence-corrected chi connectivity index (χ0v) is 17.6. The van der Waals surface area contributed by atoms with E-state index in [9.17, 15) is 19.2 Å². The number of nitrogens with zero attached hydrogens (tertiary/aromatic N) is 3. The van der Waals surface area contributed by atoms with Crippen molar-refractivity contribution in [2.45, 2.75) is 25.7 Å². The summed E-state index contributed by atoms with van der Waals surface area (Å²) in [6.45, 7) is 3.68. The number of aliphatic carboxylic acids is 1. The van der Waals surface area contributed by atoms with Crippen LogP contribution < -0.4 is 15.0 Å². The summed E-state index contributed by atoms with van der Waals surface area (Å²) in [7, 11) is 1.49. The summed E-state index contributed by atoms with van der Waals surface area (Å²) in [5.74, 6) is -0.772. The van der Waals surface area contributed by atoms with Gasteiger partial charge in [-0.3, -0.25) is 29.5 Å². The number of anilines is 1. The quantitative estimate of drug-likeness (QED) is 0.592. The average molecular weight is 432 g/mol. The molecule has 2 aliphatic heterocycles. The highest BCUT2D eigenvalue weighted by molar-refractivity contribution is 6.07. The maximum Gasteiger partial charge on any atom is 0.328 e. The van der Waals surface area contributed by atoms with Crippen LogP contribution in [0.2, 0.25) is 0 Å². The molecule has 31 heavy (non-hydrogen) atoms. The number of nitrogens with one attached hydrogen (secondary N) is 1. The predicted octanol–water partition coefficient (Wildman–Crippen LogP) is 1.15. The molecule has 3 rings (SSSR count). The maximum atomic E-state index is 13.0. The second kappa shape index (κ2) is 10.3. The molecule has 0 unspecified atom stereocenters. The molecule has 10 heteroatoms. The van der Waals surface area contributed by atoms with Crippen LogP contribution in [0, 0.1) is 0 Å². The molecule has 0 aliphatic carbocycles. The third kappa shape index (κ3) is 5.72. The van der Waals surface area contributed by atoms with Gasteiger partial charge in [0, 0.05) is 51.1 Å². The first-order chi connectivity index (χ1) is 14.9. The molecule has 10 nitrogen and oxygen atoms in total. The van der Waals surface area contributed by atoms with Gasteiger partial charge >= 0.3 is 12.0 Å². The number of carboxylic acid groups (broad SMARTS) is 1. The molecule has 1 aromatic carbocycles. The number of carbonyl (C=O) groups excluding carboxylic acids is 3. The lowest BCUT2D eigenvalue weighted by atomic mass is 10.1. The number of carbonyl (C=O) groups is 4. The van der Waals surface area contributed by atoms with Crippen molar-refractivity contribution in [1.29, 1.82) is 0 Å². The lowest BCUT2D eigenvalue weighted by molar-refractivity contribution is -0.137. The summed E-state index contributed by atoms with van der Waals surface area (Å²) in [6.07, 6.45) is 1.84. The Labute approximate surface area is 180 Å². The van der Waals surface area contributed by atoms with E-state index in [2.05, 4.69) is 10.2 Å². The van der Waals surface area contributed by atoms with Crippen molar-refractivity contribution in [3.63, 3.8) is 0 Å². The van der Waals surface area contributed by atoms with E-state index in [-0.39, 0.29) is 31.2 Å². The van der Waals surface area contributed by atoms with E-state index in [1.54, 1.807) is 23.1 Å². The predicted molar refractivity (Wildman–Crippen MR) is 112 cm³/mol. The van der Waals surface area contributed by atoms with Gasteiger partial charge in [0.05, 0.1) is 12.8 Å². The average Bonchev–Trinajstić information content (AvgIpc) is 2.76. The standard InChI is InChI=1S/C21H28N4O6/c1-31-17-6-5-15(14-16(17)25-9-7-18(26)22-21(25)30)20(29)24-12-10-23(11-13-24)8-3-2-4-19(27)28/h5-6,14H,2-4,7-13H2,1H3,(H,27,28)(H,22,26,30). The number of ether oxygens (including phenoxy) is 1. The molecule has 0 aromatic heterocycles. The SMILES string of the molecule is COc1ccc(C(=O)N2CCN(CCCCC(=O)O)CC2)cc1N1CCC(=O)NC1=O. The molecular formula is C21H28N4O6. The van der Waals surface area contributed by atoms with Crippen LogP contribution in [0.3, 0.4) is 0 Å². The number of urea groups is 1. The highest BCUT2D eigenvalue weighted by Crippen LogP contribution is 2.31. The molecule has 0 spiro atoms. The molecule has 4 amide bonds. The minimum atomic E-state index is -0.775. The molecule has 2 saturated heterocycles. The number of methoxy groups -OCH3 is 1. The maximum absolute atomic E-state index is 13.0. The molecule has 2 aliphatic rings. The van der Waals surface area contributed by atoms with E-state index in [1.807, 2.05) is 0 Å². The Bertz CT molecular complexity index is 850. The first-order valence-electron chi connectivity index (χ1n) is 10.4. The van der Waals surface area contributed by atoms with Gasteiger partial charge in [-0.05, 0) is 37.6 Å². The van der Waals surface area contributed by atoms with Crippen molar-refractivity contribution in [3.8, 4) is 5.75 Å². The van der Waals surface area contributed by atoms with Crippen LogP contribution in [0.1, 0.15) is 36.0 Å². The molecule has 0 radical (unpaired) electrons. The number of benzene rings is 1. The minimum Gasteiger partial charge on any atom is -0.495 e. The first-order valence-corrected chi connectivity index (χ1v) is 10.4. The van der Waals surface area contributed by atoms with E-state index in [0.29, 0.717) is 36.5 Å². The highest BCUT2D eigenvalue weighted by Gasteiger charge is 2.28. The van der Waals surface area contributed by atoms with E-state index in [1.165, 1.54) is 12.0 Å². The van der Waals surface area contributed by atoms with E-state index in [0.717, 1.165) is 26.1 Å². The van der Waals surface area contributed by atoms with Gasteiger partial charge in [0.2, 0.25) is 5.91 Å². The molecule has 2 N–H and O–H groups in total. The fraction of sp³-hybridized carbons (Fsp3) is 0.524. The second-order valence-corrected chi connectivity index (χ2v) is 7.63. The molecule has 168 valence electrons. The summed E-state index contributed by atoms with van der Waals surface area (Å²) < 4.78 is 5.35. The molecule has 0 bridgehead atoms. The summed E-state index contributed by atoms with van der Waals surface area (Å²) in [4.78, 5) is 52.7.